The van der Waals surface area contributed by atoms with Crippen molar-refractivity contribution < 1.29 is 14.3 Å². The molecule has 1 rings (SSSR count). The molecule has 1 heterocycles. The number of amides is 3. The summed E-state index contributed by atoms with van der Waals surface area (Å²) in [6, 6.07) is -0.345. The summed E-state index contributed by atoms with van der Waals surface area (Å²) in [5, 5.41) is 8.75. The Morgan fingerprint density at radius 1 is 1.41 bits per heavy atom. The van der Waals surface area contributed by atoms with E-state index in [4.69, 9.17) is 4.74 Å². The molecular weight excluding hydrogens is 286 g/mol. The van der Waals surface area contributed by atoms with E-state index in [9.17, 15) is 9.59 Å². The number of carbonyl (C=O) groups is 2. The molecule has 1 aliphatic heterocycles. The van der Waals surface area contributed by atoms with Crippen molar-refractivity contribution in [2.75, 3.05) is 40.3 Å². The first-order valence-electron chi connectivity index (χ1n) is 7.35. The van der Waals surface area contributed by atoms with E-state index in [1.807, 2.05) is 0 Å². The van der Waals surface area contributed by atoms with Crippen molar-refractivity contribution in [3.05, 3.63) is 0 Å². The minimum absolute atomic E-state index is 0.0145. The number of urea groups is 1. The Morgan fingerprint density at radius 2 is 2.09 bits per heavy atom. The molecule has 0 bridgehead atoms. The second-order valence-corrected chi connectivity index (χ2v) is 6.17. The minimum Gasteiger partial charge on any atom is -0.379 e. The highest BCUT2D eigenvalue weighted by Gasteiger charge is 2.28. The number of carbonyl (C=O) groups excluding carboxylic acids is 2. The molecule has 0 aromatic carbocycles. The molecule has 0 aromatic heterocycles. The van der Waals surface area contributed by atoms with E-state index in [1.54, 1.807) is 14.2 Å². The zero-order chi connectivity index (χ0) is 16.8. The predicted octanol–water partition coefficient (Wildman–Crippen LogP) is -0.236. The molecule has 126 valence electrons. The molecule has 1 unspecified atom stereocenters. The van der Waals surface area contributed by atoms with Crippen LogP contribution in [0.15, 0.2) is 4.99 Å². The maximum Gasteiger partial charge on any atom is 0.324 e. The molecule has 0 saturated carbocycles. The SMILES string of the molecule is CN=C(NCCN1C(=O)CNC1=O)NCC(OC)C(C)(C)C. The average Bonchev–Trinajstić information content (AvgIpc) is 2.76. The molecule has 1 aliphatic rings. The molecule has 0 radical (unpaired) electrons. The van der Waals surface area contributed by atoms with Crippen molar-refractivity contribution in [3.63, 3.8) is 0 Å². The lowest BCUT2D eigenvalue weighted by molar-refractivity contribution is -0.124. The van der Waals surface area contributed by atoms with E-state index in [1.165, 1.54) is 4.90 Å². The summed E-state index contributed by atoms with van der Waals surface area (Å²) in [7, 11) is 3.35. The highest BCUT2D eigenvalue weighted by atomic mass is 16.5. The Hall–Kier alpha value is -1.83. The van der Waals surface area contributed by atoms with Crippen molar-refractivity contribution in [1.29, 1.82) is 0 Å². The maximum atomic E-state index is 11.4. The topological polar surface area (TPSA) is 95.1 Å². The highest BCUT2D eigenvalue weighted by Crippen LogP contribution is 2.20. The molecule has 1 atom stereocenters. The van der Waals surface area contributed by atoms with Gasteiger partial charge < -0.3 is 20.7 Å². The van der Waals surface area contributed by atoms with Gasteiger partial charge in [-0.3, -0.25) is 14.7 Å². The smallest absolute Gasteiger partial charge is 0.324 e. The van der Waals surface area contributed by atoms with Crippen LogP contribution in [0.1, 0.15) is 20.8 Å². The molecule has 22 heavy (non-hydrogen) atoms. The third kappa shape index (κ3) is 5.18. The van der Waals surface area contributed by atoms with E-state index < -0.39 is 0 Å². The van der Waals surface area contributed by atoms with Crippen LogP contribution in [-0.2, 0) is 9.53 Å². The van der Waals surface area contributed by atoms with Gasteiger partial charge in [-0.2, -0.15) is 0 Å². The van der Waals surface area contributed by atoms with Gasteiger partial charge in [0.1, 0.15) is 0 Å². The minimum atomic E-state index is -0.345. The molecule has 8 nitrogen and oxygen atoms in total. The van der Waals surface area contributed by atoms with Crippen LogP contribution in [0.25, 0.3) is 0 Å². The van der Waals surface area contributed by atoms with Crippen molar-refractivity contribution >= 4 is 17.9 Å². The van der Waals surface area contributed by atoms with Gasteiger partial charge in [-0.25, -0.2) is 4.79 Å². The number of nitrogens with one attached hydrogen (secondary N) is 3. The van der Waals surface area contributed by atoms with Crippen molar-refractivity contribution in [2.24, 2.45) is 10.4 Å². The first-order chi connectivity index (χ1) is 10.3. The van der Waals surface area contributed by atoms with Crippen LogP contribution >= 0.6 is 0 Å². The number of ether oxygens (including phenoxy) is 1. The number of methoxy groups -OCH3 is 1. The molecule has 3 N–H and O–H groups in total. The summed E-state index contributed by atoms with van der Waals surface area (Å²) >= 11 is 0. The number of hydrogen-bond donors (Lipinski definition) is 3. The third-order valence-electron chi connectivity index (χ3n) is 3.49. The zero-order valence-electron chi connectivity index (χ0n) is 14.0. The van der Waals surface area contributed by atoms with Gasteiger partial charge in [0.2, 0.25) is 5.91 Å². The second-order valence-electron chi connectivity index (χ2n) is 6.17. The monoisotopic (exact) mass is 313 g/mol. The van der Waals surface area contributed by atoms with Gasteiger partial charge in [0.15, 0.2) is 5.96 Å². The Bertz CT molecular complexity index is 415. The van der Waals surface area contributed by atoms with E-state index in [0.29, 0.717) is 25.6 Å². The summed E-state index contributed by atoms with van der Waals surface area (Å²) in [5.41, 5.74) is 0.0145. The first kappa shape index (κ1) is 18.2. The molecule has 1 saturated heterocycles. The van der Waals surface area contributed by atoms with Crippen LogP contribution in [0.2, 0.25) is 0 Å². The van der Waals surface area contributed by atoms with Crippen LogP contribution in [-0.4, -0.2) is 69.2 Å². The number of aliphatic imine (C=N–C) groups is 1. The summed E-state index contributed by atoms with van der Waals surface area (Å²) in [4.78, 5) is 28.1. The quantitative estimate of drug-likeness (QED) is 0.357. The van der Waals surface area contributed by atoms with Gasteiger partial charge in [0.05, 0.1) is 12.6 Å². The van der Waals surface area contributed by atoms with Crippen LogP contribution in [0.4, 0.5) is 4.79 Å². The average molecular weight is 313 g/mol. The van der Waals surface area contributed by atoms with E-state index >= 15 is 0 Å². The number of hydrogen-bond acceptors (Lipinski definition) is 4. The maximum absolute atomic E-state index is 11.4. The first-order valence-corrected chi connectivity index (χ1v) is 7.35. The normalized spacial score (nSPS) is 17.5. The Kier molecular flexibility index (Phi) is 6.61. The largest absolute Gasteiger partial charge is 0.379 e. The van der Waals surface area contributed by atoms with Crippen LogP contribution in [0, 0.1) is 5.41 Å². The van der Waals surface area contributed by atoms with Crippen LogP contribution in [0.5, 0.6) is 0 Å². The lowest BCUT2D eigenvalue weighted by Gasteiger charge is -2.30. The van der Waals surface area contributed by atoms with Crippen molar-refractivity contribution in [3.8, 4) is 0 Å². The predicted molar refractivity (Wildman–Crippen MR) is 84.7 cm³/mol. The zero-order valence-corrected chi connectivity index (χ0v) is 14.0. The lowest BCUT2D eigenvalue weighted by atomic mass is 9.89. The third-order valence-corrected chi connectivity index (χ3v) is 3.49. The van der Waals surface area contributed by atoms with Crippen molar-refractivity contribution in [1.82, 2.24) is 20.9 Å². The fourth-order valence-corrected chi connectivity index (χ4v) is 2.12. The fraction of sp³-hybridized carbons (Fsp3) is 0.786. The Labute approximate surface area is 131 Å². The van der Waals surface area contributed by atoms with Gasteiger partial charge >= 0.3 is 6.03 Å². The van der Waals surface area contributed by atoms with Gasteiger partial charge in [-0.05, 0) is 5.41 Å². The number of imide groups is 1. The van der Waals surface area contributed by atoms with Gasteiger partial charge in [-0.15, -0.1) is 0 Å². The molecule has 8 heteroatoms. The summed E-state index contributed by atoms with van der Waals surface area (Å²) in [5.74, 6) is 0.403. The Morgan fingerprint density at radius 3 is 2.55 bits per heavy atom. The molecule has 1 fully saturated rings. The van der Waals surface area contributed by atoms with E-state index in [0.717, 1.165) is 0 Å². The summed E-state index contributed by atoms with van der Waals surface area (Å²) in [6.07, 6.45) is 0.0389. The second kappa shape index (κ2) is 7.98. The fourth-order valence-electron chi connectivity index (χ4n) is 2.12. The van der Waals surface area contributed by atoms with E-state index in [-0.39, 0.29) is 30.0 Å². The van der Waals surface area contributed by atoms with Crippen LogP contribution in [0.3, 0.4) is 0 Å². The molecule has 0 aromatic rings. The van der Waals surface area contributed by atoms with Gasteiger partial charge in [-0.1, -0.05) is 20.8 Å². The molecule has 3 amide bonds. The molecular formula is C14H27N5O3. The summed E-state index contributed by atoms with van der Waals surface area (Å²) < 4.78 is 5.47. The van der Waals surface area contributed by atoms with E-state index in [2.05, 4.69) is 41.7 Å². The summed E-state index contributed by atoms with van der Waals surface area (Å²) in [6.45, 7) is 7.75. The number of nitrogens with zero attached hydrogens (tertiary/aromatic N) is 2. The van der Waals surface area contributed by atoms with Gasteiger partial charge in [0.25, 0.3) is 0 Å². The van der Waals surface area contributed by atoms with Gasteiger partial charge in [0, 0.05) is 33.8 Å². The number of rotatable bonds is 6. The number of guanidine groups is 1. The highest BCUT2D eigenvalue weighted by molar-refractivity contribution is 6.01. The lowest BCUT2D eigenvalue weighted by Crippen LogP contribution is -2.47. The standard InChI is InChI=1S/C14H27N5O3/c1-14(2,3)10(22-5)8-17-12(15-4)16-6-7-19-11(20)9-18-13(19)21/h10H,6-9H2,1-5H3,(H,18,21)(H2,15,16,17). The molecule has 0 aliphatic carbocycles. The molecule has 0 spiro atoms. The van der Waals surface area contributed by atoms with Crippen LogP contribution < -0.4 is 16.0 Å². The van der Waals surface area contributed by atoms with Crippen molar-refractivity contribution in [2.45, 2.75) is 26.9 Å². The Balaban J connectivity index is 2.37.